The Kier molecular flexibility index (Phi) is 4.82. The van der Waals surface area contributed by atoms with Gasteiger partial charge in [0.1, 0.15) is 0 Å². The molecule has 1 N–H and O–H groups in total. The number of hydrogen-bond donors (Lipinski definition) is 1. The first-order valence-corrected chi connectivity index (χ1v) is 9.95. The van der Waals surface area contributed by atoms with E-state index in [0.717, 1.165) is 5.56 Å². The highest BCUT2D eigenvalue weighted by atomic mass is 35.5. The van der Waals surface area contributed by atoms with Crippen LogP contribution in [0.4, 0.5) is 0 Å². The van der Waals surface area contributed by atoms with Crippen LogP contribution in [-0.2, 0) is 4.74 Å². The summed E-state index contributed by atoms with van der Waals surface area (Å²) in [5.74, 6) is -0.0971. The molecule has 2 aliphatic heterocycles. The molecule has 0 aliphatic carbocycles. The molecule has 1 saturated heterocycles. The van der Waals surface area contributed by atoms with Gasteiger partial charge < -0.3 is 14.7 Å². The molecule has 1 amide bonds. The number of aromatic nitrogens is 3. The molecule has 30 heavy (non-hydrogen) atoms. The zero-order chi connectivity index (χ0) is 20.7. The number of carbonyl (C=O) groups is 1. The van der Waals surface area contributed by atoms with E-state index in [2.05, 4.69) is 15.1 Å². The number of benzene rings is 2. The lowest BCUT2D eigenvalue weighted by Crippen LogP contribution is -2.41. The molecule has 1 atom stereocenters. The average molecular weight is 424 g/mol. The van der Waals surface area contributed by atoms with E-state index in [0.29, 0.717) is 48.3 Å². The van der Waals surface area contributed by atoms with E-state index in [9.17, 15) is 9.90 Å². The first-order chi connectivity index (χ1) is 14.6. The summed E-state index contributed by atoms with van der Waals surface area (Å²) in [5, 5.41) is 15.8. The van der Waals surface area contributed by atoms with Crippen molar-refractivity contribution in [3.05, 3.63) is 76.3 Å². The van der Waals surface area contributed by atoms with Crippen molar-refractivity contribution < 1.29 is 14.6 Å². The van der Waals surface area contributed by atoms with Crippen LogP contribution in [0, 0.1) is 0 Å². The van der Waals surface area contributed by atoms with E-state index in [1.54, 1.807) is 23.1 Å². The number of fused-ring (bicyclic) bond motifs is 3. The second-order valence-corrected chi connectivity index (χ2v) is 7.43. The minimum atomic E-state index is -1.29. The molecule has 2 aliphatic rings. The number of nitrogens with zero attached hydrogens (tertiary/aromatic N) is 5. The zero-order valence-electron chi connectivity index (χ0n) is 15.9. The van der Waals surface area contributed by atoms with Gasteiger partial charge in [-0.3, -0.25) is 4.79 Å². The van der Waals surface area contributed by atoms with Crippen molar-refractivity contribution in [1.82, 2.24) is 19.7 Å². The number of amides is 1. The highest BCUT2D eigenvalue weighted by Gasteiger charge is 2.30. The standard InChI is InChI=1S/C21H18ClN5O3/c22-14-6-7-16-15(12-14)17(13-4-2-1-3-5-13)23-20(28)19-24-18(25-27(16)19)21(29)26-8-10-30-11-9-26/h1-7,12,20,28H,8-11H2. The molecule has 3 aromatic rings. The Labute approximate surface area is 177 Å². The van der Waals surface area contributed by atoms with Gasteiger partial charge in [-0.05, 0) is 18.2 Å². The number of morpholine rings is 1. The minimum Gasteiger partial charge on any atom is -0.378 e. The summed E-state index contributed by atoms with van der Waals surface area (Å²) in [6, 6.07) is 14.8. The largest absolute Gasteiger partial charge is 0.378 e. The molecule has 152 valence electrons. The number of aliphatic imine (C=N–C) groups is 1. The van der Waals surface area contributed by atoms with Crippen LogP contribution in [0.25, 0.3) is 5.69 Å². The fraction of sp³-hybridized carbons (Fsp3) is 0.238. The van der Waals surface area contributed by atoms with Gasteiger partial charge in [0.15, 0.2) is 5.82 Å². The first kappa shape index (κ1) is 18.9. The Morgan fingerprint density at radius 1 is 1.13 bits per heavy atom. The molecule has 8 nitrogen and oxygen atoms in total. The summed E-state index contributed by atoms with van der Waals surface area (Å²) >= 11 is 6.27. The van der Waals surface area contributed by atoms with Crippen LogP contribution in [-0.4, -0.2) is 62.7 Å². The van der Waals surface area contributed by atoms with E-state index in [1.165, 1.54) is 4.68 Å². The monoisotopic (exact) mass is 423 g/mol. The van der Waals surface area contributed by atoms with Crippen LogP contribution in [0.5, 0.6) is 0 Å². The van der Waals surface area contributed by atoms with E-state index < -0.39 is 6.23 Å². The third kappa shape index (κ3) is 3.28. The number of rotatable bonds is 2. The molecule has 0 radical (unpaired) electrons. The van der Waals surface area contributed by atoms with Gasteiger partial charge in [0.2, 0.25) is 12.1 Å². The van der Waals surface area contributed by atoms with Crippen molar-refractivity contribution in [3.8, 4) is 5.69 Å². The molecule has 1 aromatic heterocycles. The van der Waals surface area contributed by atoms with E-state index in [-0.39, 0.29) is 17.6 Å². The number of aliphatic hydroxyl groups excluding tert-OH is 1. The molecule has 0 spiro atoms. The predicted octanol–water partition coefficient (Wildman–Crippen LogP) is 2.23. The van der Waals surface area contributed by atoms with Gasteiger partial charge in [0, 0.05) is 29.2 Å². The maximum Gasteiger partial charge on any atom is 0.293 e. The molecule has 5 rings (SSSR count). The topological polar surface area (TPSA) is 92.8 Å². The summed E-state index contributed by atoms with van der Waals surface area (Å²) in [5.41, 5.74) is 2.74. The van der Waals surface area contributed by atoms with Crippen LogP contribution in [0.2, 0.25) is 5.02 Å². The number of carbonyl (C=O) groups excluding carboxylic acids is 1. The van der Waals surface area contributed by atoms with Gasteiger partial charge in [-0.15, -0.1) is 5.10 Å². The van der Waals surface area contributed by atoms with Crippen molar-refractivity contribution in [2.75, 3.05) is 26.3 Å². The van der Waals surface area contributed by atoms with Gasteiger partial charge >= 0.3 is 0 Å². The average Bonchev–Trinajstić information content (AvgIpc) is 3.19. The summed E-state index contributed by atoms with van der Waals surface area (Å²) in [7, 11) is 0. The van der Waals surface area contributed by atoms with Crippen molar-refractivity contribution in [2.24, 2.45) is 4.99 Å². The quantitative estimate of drug-likeness (QED) is 0.682. The van der Waals surface area contributed by atoms with Crippen LogP contribution < -0.4 is 0 Å². The summed E-state index contributed by atoms with van der Waals surface area (Å²) in [6.45, 7) is 1.92. The van der Waals surface area contributed by atoms with Gasteiger partial charge in [0.25, 0.3) is 5.91 Å². The third-order valence-corrected chi connectivity index (χ3v) is 5.33. The maximum absolute atomic E-state index is 12.9. The Balaban J connectivity index is 1.63. The van der Waals surface area contributed by atoms with E-state index in [1.807, 2.05) is 30.3 Å². The van der Waals surface area contributed by atoms with Crippen molar-refractivity contribution in [3.63, 3.8) is 0 Å². The molecular formula is C21H18ClN5O3. The lowest BCUT2D eigenvalue weighted by atomic mass is 10.0. The van der Waals surface area contributed by atoms with Crippen LogP contribution in [0.3, 0.4) is 0 Å². The Morgan fingerprint density at radius 2 is 1.90 bits per heavy atom. The predicted molar refractivity (Wildman–Crippen MR) is 110 cm³/mol. The van der Waals surface area contributed by atoms with Crippen molar-refractivity contribution in [1.29, 1.82) is 0 Å². The Bertz CT molecular complexity index is 1140. The molecular weight excluding hydrogens is 406 g/mol. The molecule has 2 aromatic carbocycles. The lowest BCUT2D eigenvalue weighted by molar-refractivity contribution is 0.0294. The SMILES string of the molecule is O=C(c1nc2n(n1)-c1ccc(Cl)cc1C(c1ccccc1)=NC2O)N1CCOCC1. The molecule has 3 heterocycles. The number of hydrogen-bond acceptors (Lipinski definition) is 6. The first-order valence-electron chi connectivity index (χ1n) is 9.57. The Morgan fingerprint density at radius 3 is 2.67 bits per heavy atom. The van der Waals surface area contributed by atoms with Gasteiger partial charge in [-0.2, -0.15) is 0 Å². The van der Waals surface area contributed by atoms with Gasteiger partial charge in [0.05, 0.1) is 24.6 Å². The number of ether oxygens (including phenoxy) is 1. The molecule has 0 bridgehead atoms. The highest BCUT2D eigenvalue weighted by molar-refractivity contribution is 6.31. The Hall–Kier alpha value is -3.07. The minimum absolute atomic E-state index is 0.0187. The second-order valence-electron chi connectivity index (χ2n) is 6.99. The second kappa shape index (κ2) is 7.64. The highest BCUT2D eigenvalue weighted by Crippen LogP contribution is 2.30. The molecule has 9 heteroatoms. The fourth-order valence-corrected chi connectivity index (χ4v) is 3.80. The molecule has 0 saturated carbocycles. The number of aliphatic hydroxyl groups is 1. The van der Waals surface area contributed by atoms with Crippen molar-refractivity contribution in [2.45, 2.75) is 6.23 Å². The smallest absolute Gasteiger partial charge is 0.293 e. The van der Waals surface area contributed by atoms with Crippen LogP contribution in [0.1, 0.15) is 33.8 Å². The van der Waals surface area contributed by atoms with E-state index >= 15 is 0 Å². The van der Waals surface area contributed by atoms with Crippen molar-refractivity contribution >= 4 is 23.2 Å². The maximum atomic E-state index is 12.9. The summed E-state index contributed by atoms with van der Waals surface area (Å²) in [6.07, 6.45) is -1.29. The third-order valence-electron chi connectivity index (χ3n) is 5.09. The molecule has 1 fully saturated rings. The zero-order valence-corrected chi connectivity index (χ0v) is 16.7. The van der Waals surface area contributed by atoms with Crippen LogP contribution in [0.15, 0.2) is 53.5 Å². The van der Waals surface area contributed by atoms with Gasteiger partial charge in [-0.25, -0.2) is 14.7 Å². The lowest BCUT2D eigenvalue weighted by Gasteiger charge is -2.25. The summed E-state index contributed by atoms with van der Waals surface area (Å²) < 4.78 is 6.78. The fourth-order valence-electron chi connectivity index (χ4n) is 3.63. The number of halogens is 1. The molecule has 1 unspecified atom stereocenters. The van der Waals surface area contributed by atoms with E-state index in [4.69, 9.17) is 16.3 Å². The van der Waals surface area contributed by atoms with Gasteiger partial charge in [-0.1, -0.05) is 41.9 Å². The normalized spacial score (nSPS) is 18.3. The van der Waals surface area contributed by atoms with Crippen LogP contribution >= 0.6 is 11.6 Å². The summed E-state index contributed by atoms with van der Waals surface area (Å²) in [4.78, 5) is 23.3.